The molecule has 0 bridgehead atoms. The molecule has 0 unspecified atom stereocenters. The first kappa shape index (κ1) is 9.15. The van der Waals surface area contributed by atoms with Crippen molar-refractivity contribution < 1.29 is 4.79 Å². The van der Waals surface area contributed by atoms with Gasteiger partial charge in [0.1, 0.15) is 6.29 Å². The van der Waals surface area contributed by atoms with Crippen LogP contribution >= 0.6 is 11.3 Å². The van der Waals surface area contributed by atoms with Gasteiger partial charge in [-0.15, -0.1) is 0 Å². The minimum absolute atomic E-state index is 0.674. The molecule has 1 aromatic heterocycles. The second-order valence-corrected chi connectivity index (χ2v) is 4.24. The maximum atomic E-state index is 10.6. The van der Waals surface area contributed by atoms with E-state index in [1.54, 1.807) is 11.3 Å². The largest absolute Gasteiger partial charge is 0.354 e. The second kappa shape index (κ2) is 3.38. The van der Waals surface area contributed by atoms with Crippen LogP contribution < -0.4 is 4.90 Å². The molecule has 72 valence electrons. The maximum Gasteiger partial charge on any atom is 0.185 e. The van der Waals surface area contributed by atoms with E-state index in [1.807, 2.05) is 37.2 Å². The van der Waals surface area contributed by atoms with Crippen LogP contribution in [0.5, 0.6) is 0 Å². The number of hydrogen-bond donors (Lipinski definition) is 0. The van der Waals surface area contributed by atoms with Crippen LogP contribution in [0.3, 0.4) is 0 Å². The summed E-state index contributed by atoms with van der Waals surface area (Å²) in [6, 6.07) is 5.56. The molecule has 0 aliphatic carbocycles. The highest BCUT2D eigenvalue weighted by atomic mass is 32.1. The van der Waals surface area contributed by atoms with Crippen LogP contribution in [-0.2, 0) is 0 Å². The molecule has 0 radical (unpaired) electrons. The molecular weight excluding hydrogens is 196 g/mol. The number of fused-ring (bicyclic) bond motifs is 1. The first-order chi connectivity index (χ1) is 6.70. The number of nitrogens with zero attached hydrogens (tertiary/aromatic N) is 2. The third-order valence-corrected chi connectivity index (χ3v) is 3.12. The molecule has 0 saturated carbocycles. The van der Waals surface area contributed by atoms with Gasteiger partial charge in [0.15, 0.2) is 5.13 Å². The Kier molecular flexibility index (Phi) is 2.21. The average molecular weight is 206 g/mol. The Bertz CT molecular complexity index is 476. The molecule has 4 heteroatoms. The van der Waals surface area contributed by atoms with Crippen molar-refractivity contribution in [2.45, 2.75) is 0 Å². The fraction of sp³-hybridized carbons (Fsp3) is 0.200. The van der Waals surface area contributed by atoms with Gasteiger partial charge in [-0.1, -0.05) is 17.4 Å². The van der Waals surface area contributed by atoms with Gasteiger partial charge in [0.25, 0.3) is 0 Å². The topological polar surface area (TPSA) is 33.2 Å². The van der Waals surface area contributed by atoms with Gasteiger partial charge in [0.2, 0.25) is 0 Å². The molecule has 0 amide bonds. The summed E-state index contributed by atoms with van der Waals surface area (Å²) >= 11 is 1.62. The van der Waals surface area contributed by atoms with E-state index in [4.69, 9.17) is 0 Å². The molecule has 3 nitrogen and oxygen atoms in total. The number of benzene rings is 1. The molecule has 0 fully saturated rings. The first-order valence-electron chi connectivity index (χ1n) is 4.24. The zero-order valence-corrected chi connectivity index (χ0v) is 8.84. The average Bonchev–Trinajstić information content (AvgIpc) is 2.59. The molecule has 0 atom stereocenters. The molecule has 1 aromatic carbocycles. The third-order valence-electron chi connectivity index (χ3n) is 1.92. The standard InChI is InChI=1S/C10H10N2OS/c1-12(2)10-11-8-5-7(6-13)3-4-9(8)14-10/h3-6H,1-2H3. The van der Waals surface area contributed by atoms with E-state index in [0.29, 0.717) is 5.56 Å². The van der Waals surface area contributed by atoms with Gasteiger partial charge >= 0.3 is 0 Å². The summed E-state index contributed by atoms with van der Waals surface area (Å²) in [4.78, 5) is 16.9. The van der Waals surface area contributed by atoms with E-state index in [-0.39, 0.29) is 0 Å². The normalized spacial score (nSPS) is 10.4. The van der Waals surface area contributed by atoms with E-state index in [2.05, 4.69) is 4.98 Å². The summed E-state index contributed by atoms with van der Waals surface area (Å²) in [5.74, 6) is 0. The van der Waals surface area contributed by atoms with Gasteiger partial charge < -0.3 is 4.90 Å². The highest BCUT2D eigenvalue weighted by molar-refractivity contribution is 7.22. The number of thiazole rings is 1. The van der Waals surface area contributed by atoms with Gasteiger partial charge in [-0.05, 0) is 12.1 Å². The fourth-order valence-electron chi connectivity index (χ4n) is 1.20. The van der Waals surface area contributed by atoms with Crippen molar-refractivity contribution in [1.82, 2.24) is 4.98 Å². The summed E-state index contributed by atoms with van der Waals surface area (Å²) in [6.45, 7) is 0. The van der Waals surface area contributed by atoms with Gasteiger partial charge in [-0.3, -0.25) is 4.79 Å². The lowest BCUT2D eigenvalue weighted by Gasteiger charge is -2.04. The first-order valence-corrected chi connectivity index (χ1v) is 5.05. The smallest absolute Gasteiger partial charge is 0.185 e. The SMILES string of the molecule is CN(C)c1nc2cc(C=O)ccc2s1. The molecular formula is C10H10N2OS. The monoisotopic (exact) mass is 206 g/mol. The number of aldehydes is 1. The number of rotatable bonds is 2. The Hall–Kier alpha value is -1.42. The number of hydrogen-bond acceptors (Lipinski definition) is 4. The highest BCUT2D eigenvalue weighted by Gasteiger charge is 2.05. The van der Waals surface area contributed by atoms with E-state index in [9.17, 15) is 4.79 Å². The summed E-state index contributed by atoms with van der Waals surface area (Å²) < 4.78 is 1.11. The van der Waals surface area contributed by atoms with Crippen molar-refractivity contribution >= 4 is 33.0 Å². The molecule has 0 aliphatic rings. The van der Waals surface area contributed by atoms with Gasteiger partial charge in [0.05, 0.1) is 10.2 Å². The zero-order valence-electron chi connectivity index (χ0n) is 8.02. The van der Waals surface area contributed by atoms with E-state index in [0.717, 1.165) is 21.6 Å². The molecule has 0 N–H and O–H groups in total. The van der Waals surface area contributed by atoms with Crippen molar-refractivity contribution in [2.24, 2.45) is 0 Å². The van der Waals surface area contributed by atoms with Crippen LogP contribution in [0.1, 0.15) is 10.4 Å². The van der Waals surface area contributed by atoms with Gasteiger partial charge in [-0.25, -0.2) is 4.98 Å². The molecule has 14 heavy (non-hydrogen) atoms. The molecule has 1 heterocycles. The summed E-state index contributed by atoms with van der Waals surface area (Å²) in [6.07, 6.45) is 0.841. The van der Waals surface area contributed by atoms with Crippen molar-refractivity contribution in [3.63, 3.8) is 0 Å². The van der Waals surface area contributed by atoms with Crippen molar-refractivity contribution in [3.8, 4) is 0 Å². The summed E-state index contributed by atoms with van der Waals surface area (Å²) in [5, 5.41) is 0.961. The molecule has 0 aliphatic heterocycles. The predicted molar refractivity (Wildman–Crippen MR) is 59.3 cm³/mol. The maximum absolute atomic E-state index is 10.6. The Morgan fingerprint density at radius 1 is 1.43 bits per heavy atom. The van der Waals surface area contributed by atoms with E-state index < -0.39 is 0 Å². The Balaban J connectivity index is 2.59. The Morgan fingerprint density at radius 3 is 2.86 bits per heavy atom. The third kappa shape index (κ3) is 1.48. The van der Waals surface area contributed by atoms with Gasteiger partial charge in [0, 0.05) is 19.7 Å². The number of anilines is 1. The van der Waals surface area contributed by atoms with Crippen molar-refractivity contribution in [2.75, 3.05) is 19.0 Å². The van der Waals surface area contributed by atoms with Crippen molar-refractivity contribution in [1.29, 1.82) is 0 Å². The number of carbonyl (C=O) groups excluding carboxylic acids is 1. The zero-order chi connectivity index (χ0) is 10.1. The Morgan fingerprint density at radius 2 is 2.21 bits per heavy atom. The Labute approximate surface area is 86.0 Å². The number of carbonyl (C=O) groups is 1. The van der Waals surface area contributed by atoms with Gasteiger partial charge in [-0.2, -0.15) is 0 Å². The van der Waals surface area contributed by atoms with Crippen LogP contribution in [0.2, 0.25) is 0 Å². The molecule has 2 aromatic rings. The minimum atomic E-state index is 0.674. The second-order valence-electron chi connectivity index (χ2n) is 3.24. The van der Waals surface area contributed by atoms with Crippen LogP contribution in [-0.4, -0.2) is 25.4 Å². The number of aromatic nitrogens is 1. The fourth-order valence-corrected chi connectivity index (χ4v) is 2.07. The van der Waals surface area contributed by atoms with E-state index in [1.165, 1.54) is 0 Å². The predicted octanol–water partition coefficient (Wildman–Crippen LogP) is 2.17. The van der Waals surface area contributed by atoms with Crippen LogP contribution in [0.4, 0.5) is 5.13 Å². The minimum Gasteiger partial charge on any atom is -0.354 e. The summed E-state index contributed by atoms with van der Waals surface area (Å²) in [5.41, 5.74) is 1.57. The highest BCUT2D eigenvalue weighted by Crippen LogP contribution is 2.27. The van der Waals surface area contributed by atoms with Crippen LogP contribution in [0, 0.1) is 0 Å². The van der Waals surface area contributed by atoms with E-state index >= 15 is 0 Å². The quantitative estimate of drug-likeness (QED) is 0.706. The lowest BCUT2D eigenvalue weighted by Crippen LogP contribution is -2.07. The molecule has 0 spiro atoms. The van der Waals surface area contributed by atoms with Crippen LogP contribution in [0.15, 0.2) is 18.2 Å². The molecule has 0 saturated heterocycles. The van der Waals surface area contributed by atoms with Crippen LogP contribution in [0.25, 0.3) is 10.2 Å². The summed E-state index contributed by atoms with van der Waals surface area (Å²) in [7, 11) is 3.91. The molecule has 2 rings (SSSR count). The van der Waals surface area contributed by atoms with Crippen molar-refractivity contribution in [3.05, 3.63) is 23.8 Å². The lowest BCUT2D eigenvalue weighted by atomic mass is 10.2. The lowest BCUT2D eigenvalue weighted by molar-refractivity contribution is 0.112.